The highest BCUT2D eigenvalue weighted by Gasteiger charge is 2.66. The lowest BCUT2D eigenvalue weighted by Crippen LogP contribution is -2.49. The van der Waals surface area contributed by atoms with Gasteiger partial charge in [0.15, 0.2) is 0 Å². The average Bonchev–Trinajstić information content (AvgIpc) is 2.89. The summed E-state index contributed by atoms with van der Waals surface area (Å²) in [5, 5.41) is 0. The number of unbranched alkanes of at least 4 members (excludes halogenated alkanes) is 1. The third-order valence-corrected chi connectivity index (χ3v) is 9.89. The van der Waals surface area contributed by atoms with Crippen LogP contribution in [-0.2, 0) is 9.53 Å². The van der Waals surface area contributed by atoms with Crippen molar-refractivity contribution in [2.75, 3.05) is 0 Å². The highest BCUT2D eigenvalue weighted by atomic mass is 28.3. The summed E-state index contributed by atoms with van der Waals surface area (Å²) < 4.78 is 6.63. The van der Waals surface area contributed by atoms with E-state index in [4.69, 9.17) is 4.74 Å². The Bertz CT molecular complexity index is 557. The summed E-state index contributed by atoms with van der Waals surface area (Å²) in [6.07, 6.45) is 7.97. The Labute approximate surface area is 156 Å². The van der Waals surface area contributed by atoms with Gasteiger partial charge in [0.1, 0.15) is 5.78 Å². The first-order valence-corrected chi connectivity index (χ1v) is 17.8. The van der Waals surface area contributed by atoms with Crippen molar-refractivity contribution in [3.05, 3.63) is 12.2 Å². The number of carbonyl (C=O) groups is 1. The van der Waals surface area contributed by atoms with E-state index in [2.05, 4.69) is 58.4 Å². The van der Waals surface area contributed by atoms with E-state index in [0.717, 1.165) is 12.8 Å². The molecular formula is C21H38O2Si2. The first kappa shape index (κ1) is 19.6. The van der Waals surface area contributed by atoms with Crippen LogP contribution in [0.2, 0.25) is 51.4 Å². The molecule has 25 heavy (non-hydrogen) atoms. The van der Waals surface area contributed by atoms with Gasteiger partial charge in [-0.05, 0) is 18.3 Å². The molecule has 2 fully saturated rings. The zero-order chi connectivity index (χ0) is 18.6. The molecule has 3 rings (SSSR count). The van der Waals surface area contributed by atoms with Gasteiger partial charge in [-0.25, -0.2) is 0 Å². The van der Waals surface area contributed by atoms with Gasteiger partial charge in [-0.15, -0.1) is 0 Å². The number of carbonyl (C=O) groups excluding carboxylic acids is 1. The van der Waals surface area contributed by atoms with Crippen molar-refractivity contribution in [1.82, 2.24) is 0 Å². The van der Waals surface area contributed by atoms with Gasteiger partial charge >= 0.3 is 0 Å². The van der Waals surface area contributed by atoms with E-state index >= 15 is 0 Å². The zero-order valence-electron chi connectivity index (χ0n) is 17.4. The highest BCUT2D eigenvalue weighted by molar-refractivity contribution is 6.76. The molecule has 4 heteroatoms. The topological polar surface area (TPSA) is 26.3 Å². The summed E-state index contributed by atoms with van der Waals surface area (Å²) >= 11 is 0. The van der Waals surface area contributed by atoms with Gasteiger partial charge in [0.2, 0.25) is 0 Å². The number of hydrogen-bond acceptors (Lipinski definition) is 2. The van der Waals surface area contributed by atoms with Crippen molar-refractivity contribution in [2.24, 2.45) is 23.7 Å². The molecule has 0 aromatic rings. The van der Waals surface area contributed by atoms with E-state index in [9.17, 15) is 4.79 Å². The van der Waals surface area contributed by atoms with Crippen molar-refractivity contribution >= 4 is 21.9 Å². The first-order valence-electron chi connectivity index (χ1n) is 10.4. The fourth-order valence-electron chi connectivity index (χ4n) is 5.82. The summed E-state index contributed by atoms with van der Waals surface area (Å²) in [7, 11) is -2.46. The lowest BCUT2D eigenvalue weighted by atomic mass is 9.76. The number of ketones is 1. The summed E-state index contributed by atoms with van der Waals surface area (Å²) in [5.41, 5.74) is -0.271. The smallest absolute Gasteiger partial charge is 0.145 e. The third-order valence-electron chi connectivity index (χ3n) is 6.50. The van der Waals surface area contributed by atoms with Crippen molar-refractivity contribution in [1.29, 1.82) is 0 Å². The van der Waals surface area contributed by atoms with Gasteiger partial charge in [0.25, 0.3) is 0 Å². The lowest BCUT2D eigenvalue weighted by molar-refractivity contribution is -0.155. The molecule has 2 nitrogen and oxygen atoms in total. The molecule has 6 atom stereocenters. The molecule has 3 aliphatic rings. The maximum Gasteiger partial charge on any atom is 0.145 e. The molecule has 1 saturated carbocycles. The molecule has 1 saturated heterocycles. The Hall–Kier alpha value is -0.196. The maximum absolute atomic E-state index is 13.5. The van der Waals surface area contributed by atoms with Crippen LogP contribution in [0, 0.1) is 23.7 Å². The van der Waals surface area contributed by atoms with Gasteiger partial charge < -0.3 is 4.74 Å². The van der Waals surface area contributed by atoms with E-state index in [1.54, 1.807) is 0 Å². The van der Waals surface area contributed by atoms with E-state index < -0.39 is 16.1 Å². The average molecular weight is 379 g/mol. The Kier molecular flexibility index (Phi) is 5.05. The largest absolute Gasteiger partial charge is 0.362 e. The second-order valence-corrected chi connectivity index (χ2v) is 22.3. The minimum atomic E-state index is -1.24. The van der Waals surface area contributed by atoms with E-state index in [1.807, 2.05) is 0 Å². The summed E-state index contributed by atoms with van der Waals surface area (Å²) in [6, 6.07) is 2.57. The molecule has 142 valence electrons. The molecular weight excluding hydrogens is 340 g/mol. The normalized spacial score (nSPS) is 40.1. The van der Waals surface area contributed by atoms with Crippen LogP contribution in [0.15, 0.2) is 12.2 Å². The quantitative estimate of drug-likeness (QED) is 0.425. The van der Waals surface area contributed by atoms with E-state index in [-0.39, 0.29) is 23.5 Å². The van der Waals surface area contributed by atoms with Crippen LogP contribution in [0.25, 0.3) is 0 Å². The molecule has 2 aliphatic heterocycles. The van der Waals surface area contributed by atoms with Crippen LogP contribution in [0.1, 0.15) is 26.2 Å². The zero-order valence-corrected chi connectivity index (χ0v) is 19.4. The number of rotatable bonds is 7. The SMILES string of the molecule is CCCC[C@]12C=C[C@H](O1)[C@H]1C(=O)[C@@H]2[C@H](C[Si](C)(C)C)[C@@H]1C[Si](C)(C)C. The fraction of sp³-hybridized carbons (Fsp3) is 0.857. The van der Waals surface area contributed by atoms with Crippen LogP contribution in [0.5, 0.6) is 0 Å². The number of hydrogen-bond donors (Lipinski definition) is 0. The van der Waals surface area contributed by atoms with Crippen LogP contribution in [-0.4, -0.2) is 33.6 Å². The summed E-state index contributed by atoms with van der Waals surface area (Å²) in [6.45, 7) is 17.0. The summed E-state index contributed by atoms with van der Waals surface area (Å²) in [5.74, 6) is 1.96. The number of Topliss-reactive ketones (excluding diaryl/α,β-unsaturated/α-hetero) is 1. The molecule has 0 aromatic heterocycles. The van der Waals surface area contributed by atoms with Crippen molar-refractivity contribution in [3.63, 3.8) is 0 Å². The minimum Gasteiger partial charge on any atom is -0.362 e. The number of ether oxygens (including phenoxy) is 1. The molecule has 0 radical (unpaired) electrons. The third kappa shape index (κ3) is 3.63. The molecule has 1 aliphatic carbocycles. The number of fused-ring (bicyclic) bond motifs is 6. The molecule has 4 bridgehead atoms. The fourth-order valence-corrected chi connectivity index (χ4v) is 9.75. The standard InChI is InChI=1S/C21H38O2Si2/c1-8-9-11-21-12-10-17(23-21)18-15(13-24(2,3)4)16(14-25(5,6)7)19(21)20(18)22/h10,12,15-19H,8-9,11,13-14H2,1-7H3/t15-,16+,17-,18-,19-,21+/m0/s1. The van der Waals surface area contributed by atoms with Gasteiger partial charge in [-0.1, -0.05) is 83.3 Å². The monoisotopic (exact) mass is 378 g/mol. The second-order valence-electron chi connectivity index (χ2n) is 11.3. The van der Waals surface area contributed by atoms with Crippen molar-refractivity contribution in [2.45, 2.75) is 89.3 Å². The summed E-state index contributed by atoms with van der Waals surface area (Å²) in [4.78, 5) is 13.5. The molecule has 2 heterocycles. The van der Waals surface area contributed by atoms with Gasteiger partial charge in [0.05, 0.1) is 23.5 Å². The van der Waals surface area contributed by atoms with Gasteiger partial charge in [-0.3, -0.25) is 4.79 Å². The Morgan fingerprint density at radius 1 is 1.04 bits per heavy atom. The minimum absolute atomic E-state index is 0.0635. The molecule has 0 unspecified atom stereocenters. The van der Waals surface area contributed by atoms with Gasteiger partial charge in [-0.2, -0.15) is 0 Å². The van der Waals surface area contributed by atoms with Crippen LogP contribution in [0.4, 0.5) is 0 Å². The molecule has 0 spiro atoms. The van der Waals surface area contributed by atoms with Crippen LogP contribution < -0.4 is 0 Å². The van der Waals surface area contributed by atoms with Crippen molar-refractivity contribution in [3.8, 4) is 0 Å². The predicted molar refractivity (Wildman–Crippen MR) is 112 cm³/mol. The predicted octanol–water partition coefficient (Wildman–Crippen LogP) is 5.61. The molecule has 0 amide bonds. The van der Waals surface area contributed by atoms with Crippen LogP contribution >= 0.6 is 0 Å². The lowest BCUT2D eigenvalue weighted by Gasteiger charge is -2.40. The molecule has 0 N–H and O–H groups in total. The first-order chi connectivity index (χ1) is 11.5. The Morgan fingerprint density at radius 2 is 1.64 bits per heavy atom. The van der Waals surface area contributed by atoms with Crippen molar-refractivity contribution < 1.29 is 9.53 Å². The van der Waals surface area contributed by atoms with Crippen LogP contribution in [0.3, 0.4) is 0 Å². The maximum atomic E-state index is 13.5. The highest BCUT2D eigenvalue weighted by Crippen LogP contribution is 2.60. The van der Waals surface area contributed by atoms with Gasteiger partial charge in [0, 0.05) is 16.1 Å². The second kappa shape index (κ2) is 6.45. The van der Waals surface area contributed by atoms with E-state index in [1.165, 1.54) is 18.5 Å². The Morgan fingerprint density at radius 3 is 2.20 bits per heavy atom. The van der Waals surface area contributed by atoms with E-state index in [0.29, 0.717) is 17.6 Å². The Balaban J connectivity index is 1.99. The molecule has 0 aromatic carbocycles.